The Morgan fingerprint density at radius 3 is 2.79 bits per heavy atom. The van der Waals surface area contributed by atoms with Crippen LogP contribution in [0.2, 0.25) is 5.02 Å². The Kier molecular flexibility index (Phi) is 2.76. The second-order valence-electron chi connectivity index (χ2n) is 4.05. The van der Waals surface area contributed by atoms with E-state index < -0.39 is 0 Å². The van der Waals surface area contributed by atoms with Crippen molar-refractivity contribution in [2.75, 3.05) is 12.8 Å². The number of halogens is 1. The second-order valence-corrected chi connectivity index (χ2v) is 4.46. The predicted molar refractivity (Wildman–Crippen MR) is 74.4 cm³/mol. The van der Waals surface area contributed by atoms with Crippen LogP contribution < -0.4 is 10.5 Å². The lowest BCUT2D eigenvalue weighted by Gasteiger charge is -2.08. The predicted octanol–water partition coefficient (Wildman–Crippen LogP) is 2.64. The van der Waals surface area contributed by atoms with Crippen molar-refractivity contribution >= 4 is 22.9 Å². The van der Waals surface area contributed by atoms with Gasteiger partial charge in [-0.3, -0.25) is 0 Å². The molecule has 3 aromatic heterocycles. The third-order valence-electron chi connectivity index (χ3n) is 2.87. The zero-order valence-electron chi connectivity index (χ0n) is 10.2. The summed E-state index contributed by atoms with van der Waals surface area (Å²) in [5, 5.41) is 4.74. The van der Waals surface area contributed by atoms with Crippen LogP contribution in [0.25, 0.3) is 16.6 Å². The molecule has 0 spiro atoms. The van der Waals surface area contributed by atoms with Gasteiger partial charge in [0.2, 0.25) is 0 Å². The molecular weight excluding hydrogens is 264 g/mol. The number of nitrogens with two attached hydrogens (primary N) is 1. The lowest BCUT2D eigenvalue weighted by Crippen LogP contribution is -1.94. The van der Waals surface area contributed by atoms with Crippen LogP contribution in [0.1, 0.15) is 0 Å². The van der Waals surface area contributed by atoms with Crippen LogP contribution in [0.5, 0.6) is 5.75 Å². The fraction of sp³-hybridized carbons (Fsp3) is 0.0769. The van der Waals surface area contributed by atoms with Crippen molar-refractivity contribution in [1.29, 1.82) is 0 Å². The molecule has 0 atom stereocenters. The lowest BCUT2D eigenvalue weighted by atomic mass is 10.1. The smallest absolute Gasteiger partial charge is 0.146 e. The third-order valence-corrected chi connectivity index (χ3v) is 3.15. The summed E-state index contributed by atoms with van der Waals surface area (Å²) in [6.45, 7) is 0. The molecule has 0 saturated heterocycles. The number of pyridine rings is 2. The number of nitrogen functional groups attached to an aromatic ring is 1. The Hall–Kier alpha value is -2.27. The molecule has 3 rings (SSSR count). The molecule has 3 heterocycles. The minimum absolute atomic E-state index is 0.485. The van der Waals surface area contributed by atoms with Crippen LogP contribution in [-0.4, -0.2) is 21.7 Å². The molecule has 0 bridgehead atoms. The Bertz CT molecular complexity index is 736. The van der Waals surface area contributed by atoms with E-state index in [1.807, 2.05) is 18.3 Å². The van der Waals surface area contributed by atoms with Crippen molar-refractivity contribution in [2.24, 2.45) is 0 Å². The van der Waals surface area contributed by atoms with Gasteiger partial charge in [0.25, 0.3) is 0 Å². The molecule has 96 valence electrons. The first-order valence-electron chi connectivity index (χ1n) is 5.62. The monoisotopic (exact) mass is 274 g/mol. The maximum Gasteiger partial charge on any atom is 0.146 e. The Labute approximate surface area is 114 Å². The summed E-state index contributed by atoms with van der Waals surface area (Å²) in [5.74, 6) is 1.15. The van der Waals surface area contributed by atoms with E-state index in [0.717, 1.165) is 16.6 Å². The standard InChI is InChI=1S/C13H11ClN4O/c1-19-11-4-9(8-2-3-12(15)16-5-8)7-18-13(11)10(14)6-17-18/h2-7H,1H3,(H2,15,16). The van der Waals surface area contributed by atoms with E-state index in [9.17, 15) is 0 Å². The molecule has 19 heavy (non-hydrogen) atoms. The normalized spacial score (nSPS) is 10.8. The van der Waals surface area contributed by atoms with Gasteiger partial charge in [0, 0.05) is 23.5 Å². The molecule has 5 nitrogen and oxygen atoms in total. The molecule has 0 aliphatic heterocycles. The van der Waals surface area contributed by atoms with Gasteiger partial charge in [0.1, 0.15) is 17.1 Å². The molecule has 0 aromatic carbocycles. The van der Waals surface area contributed by atoms with Gasteiger partial charge >= 0.3 is 0 Å². The SMILES string of the molecule is COc1cc(-c2ccc(N)nc2)cn2ncc(Cl)c12. The third kappa shape index (κ3) is 1.98. The first kappa shape index (κ1) is 11.8. The van der Waals surface area contributed by atoms with E-state index in [1.54, 1.807) is 30.1 Å². The molecule has 0 fully saturated rings. The number of aromatic nitrogens is 3. The molecule has 0 amide bonds. The topological polar surface area (TPSA) is 65.4 Å². The zero-order valence-corrected chi connectivity index (χ0v) is 10.9. The van der Waals surface area contributed by atoms with Gasteiger partial charge in [-0.1, -0.05) is 11.6 Å². The van der Waals surface area contributed by atoms with Crippen molar-refractivity contribution < 1.29 is 4.74 Å². The average Bonchev–Trinajstić information content (AvgIpc) is 2.80. The van der Waals surface area contributed by atoms with Gasteiger partial charge in [-0.25, -0.2) is 9.50 Å². The summed E-state index contributed by atoms with van der Waals surface area (Å²) in [4.78, 5) is 4.08. The zero-order chi connectivity index (χ0) is 13.4. The first-order chi connectivity index (χ1) is 9.19. The number of nitrogens with zero attached hydrogens (tertiary/aromatic N) is 3. The van der Waals surface area contributed by atoms with E-state index in [-0.39, 0.29) is 0 Å². The highest BCUT2D eigenvalue weighted by molar-refractivity contribution is 6.34. The van der Waals surface area contributed by atoms with Gasteiger partial charge in [-0.2, -0.15) is 5.10 Å². The molecule has 0 aliphatic rings. The van der Waals surface area contributed by atoms with Crippen molar-refractivity contribution in [3.8, 4) is 16.9 Å². The van der Waals surface area contributed by atoms with Crippen LogP contribution in [0.3, 0.4) is 0 Å². The summed E-state index contributed by atoms with van der Waals surface area (Å²) in [7, 11) is 1.60. The van der Waals surface area contributed by atoms with Crippen LogP contribution in [0, 0.1) is 0 Å². The molecule has 0 saturated carbocycles. The first-order valence-corrected chi connectivity index (χ1v) is 5.99. The van der Waals surface area contributed by atoms with E-state index in [0.29, 0.717) is 16.6 Å². The van der Waals surface area contributed by atoms with Crippen LogP contribution in [0.15, 0.2) is 36.8 Å². The maximum atomic E-state index is 6.08. The van der Waals surface area contributed by atoms with E-state index in [2.05, 4.69) is 10.1 Å². The fourth-order valence-electron chi connectivity index (χ4n) is 1.94. The Morgan fingerprint density at radius 2 is 2.11 bits per heavy atom. The van der Waals surface area contributed by atoms with Crippen molar-refractivity contribution in [3.63, 3.8) is 0 Å². The molecule has 0 aliphatic carbocycles. The molecule has 2 N–H and O–H groups in total. The van der Waals surface area contributed by atoms with Crippen molar-refractivity contribution in [1.82, 2.24) is 14.6 Å². The lowest BCUT2D eigenvalue weighted by molar-refractivity contribution is 0.417. The minimum atomic E-state index is 0.485. The highest BCUT2D eigenvalue weighted by Gasteiger charge is 2.11. The van der Waals surface area contributed by atoms with Gasteiger partial charge in [-0.15, -0.1) is 0 Å². The summed E-state index contributed by atoms with van der Waals surface area (Å²) >= 11 is 6.08. The number of methoxy groups -OCH3 is 1. The summed E-state index contributed by atoms with van der Waals surface area (Å²) < 4.78 is 7.05. The number of ether oxygens (including phenoxy) is 1. The van der Waals surface area contributed by atoms with Crippen molar-refractivity contribution in [2.45, 2.75) is 0 Å². The quantitative estimate of drug-likeness (QED) is 0.780. The molecule has 6 heteroatoms. The van der Waals surface area contributed by atoms with Crippen LogP contribution in [0.4, 0.5) is 5.82 Å². The van der Waals surface area contributed by atoms with E-state index in [4.69, 9.17) is 22.1 Å². The Balaban J connectivity index is 2.22. The van der Waals surface area contributed by atoms with E-state index >= 15 is 0 Å². The van der Waals surface area contributed by atoms with Gasteiger partial charge in [0.15, 0.2) is 0 Å². The van der Waals surface area contributed by atoms with Gasteiger partial charge < -0.3 is 10.5 Å². The van der Waals surface area contributed by atoms with Crippen LogP contribution >= 0.6 is 11.6 Å². The molecule has 0 radical (unpaired) electrons. The van der Waals surface area contributed by atoms with Crippen molar-refractivity contribution in [3.05, 3.63) is 41.8 Å². The van der Waals surface area contributed by atoms with Gasteiger partial charge in [-0.05, 0) is 18.2 Å². The summed E-state index contributed by atoms with van der Waals surface area (Å²) in [5.41, 5.74) is 8.19. The highest BCUT2D eigenvalue weighted by Crippen LogP contribution is 2.31. The molecule has 3 aromatic rings. The maximum absolute atomic E-state index is 6.08. The fourth-order valence-corrected chi connectivity index (χ4v) is 2.16. The van der Waals surface area contributed by atoms with Gasteiger partial charge in [0.05, 0.1) is 18.3 Å². The average molecular weight is 275 g/mol. The summed E-state index contributed by atoms with van der Waals surface area (Å²) in [6.07, 6.45) is 5.17. The summed E-state index contributed by atoms with van der Waals surface area (Å²) in [6, 6.07) is 5.55. The highest BCUT2D eigenvalue weighted by atomic mass is 35.5. The molecular formula is C13H11ClN4O. The number of rotatable bonds is 2. The minimum Gasteiger partial charge on any atom is -0.494 e. The number of hydrogen-bond acceptors (Lipinski definition) is 4. The number of fused-ring (bicyclic) bond motifs is 1. The van der Waals surface area contributed by atoms with E-state index in [1.165, 1.54) is 0 Å². The second kappa shape index (κ2) is 4.44. The number of anilines is 1. The van der Waals surface area contributed by atoms with Crippen LogP contribution in [-0.2, 0) is 0 Å². The Morgan fingerprint density at radius 1 is 1.26 bits per heavy atom. The molecule has 0 unspecified atom stereocenters. The number of hydrogen-bond donors (Lipinski definition) is 1. The largest absolute Gasteiger partial charge is 0.494 e.